The Bertz CT molecular complexity index is 351. The van der Waals surface area contributed by atoms with Crippen molar-refractivity contribution in [3.63, 3.8) is 0 Å². The molecule has 90 valence electrons. The molecule has 2 rings (SSSR count). The van der Waals surface area contributed by atoms with Gasteiger partial charge < -0.3 is 14.6 Å². The van der Waals surface area contributed by atoms with Gasteiger partial charge in [-0.15, -0.1) is 0 Å². The van der Waals surface area contributed by atoms with E-state index in [4.69, 9.17) is 4.74 Å². The number of aryl methyl sites for hydroxylation is 1. The minimum absolute atomic E-state index is 0.435. The van der Waals surface area contributed by atoms with Crippen molar-refractivity contribution in [2.75, 3.05) is 13.2 Å². The van der Waals surface area contributed by atoms with Gasteiger partial charge in [0.05, 0.1) is 6.10 Å². The number of nitrogens with one attached hydrogen (secondary N) is 1. The zero-order valence-electron chi connectivity index (χ0n) is 10.5. The van der Waals surface area contributed by atoms with Gasteiger partial charge in [-0.25, -0.2) is 0 Å². The summed E-state index contributed by atoms with van der Waals surface area (Å²) in [6, 6.07) is 2.26. The molecule has 0 aromatic carbocycles. The van der Waals surface area contributed by atoms with Gasteiger partial charge in [0.15, 0.2) is 0 Å². The summed E-state index contributed by atoms with van der Waals surface area (Å²) in [7, 11) is 2.12. The van der Waals surface area contributed by atoms with E-state index in [0.717, 1.165) is 19.7 Å². The van der Waals surface area contributed by atoms with Gasteiger partial charge in [0.25, 0.3) is 0 Å². The molecule has 0 amide bonds. The van der Waals surface area contributed by atoms with E-state index in [9.17, 15) is 0 Å². The molecule has 1 aromatic rings. The third-order valence-corrected chi connectivity index (χ3v) is 3.59. The summed E-state index contributed by atoms with van der Waals surface area (Å²) in [5, 5.41) is 3.49. The lowest BCUT2D eigenvalue weighted by Gasteiger charge is -2.10. The van der Waals surface area contributed by atoms with Crippen LogP contribution in [0.4, 0.5) is 0 Å². The number of rotatable bonds is 4. The van der Waals surface area contributed by atoms with Crippen molar-refractivity contribution in [3.8, 4) is 0 Å². The predicted octanol–water partition coefficient (Wildman–Crippen LogP) is 1.91. The standard InChI is InChI=1S/C13H22N2O/c1-10-7-12(11(2)15(10)3)8-14-9-13-5-4-6-16-13/h7,13-14H,4-6,8-9H2,1-3H3. The quantitative estimate of drug-likeness (QED) is 0.842. The highest BCUT2D eigenvalue weighted by molar-refractivity contribution is 5.26. The van der Waals surface area contributed by atoms with E-state index in [2.05, 4.69) is 36.8 Å². The Kier molecular flexibility index (Phi) is 3.66. The molecule has 1 fully saturated rings. The van der Waals surface area contributed by atoms with Crippen LogP contribution in [-0.2, 0) is 18.3 Å². The SMILES string of the molecule is Cc1cc(CNCC2CCCO2)c(C)n1C. The molecule has 1 unspecified atom stereocenters. The summed E-state index contributed by atoms with van der Waals surface area (Å²) < 4.78 is 7.82. The summed E-state index contributed by atoms with van der Waals surface area (Å²) in [4.78, 5) is 0. The molecule has 0 radical (unpaired) electrons. The third kappa shape index (κ3) is 2.47. The molecule has 0 saturated carbocycles. The summed E-state index contributed by atoms with van der Waals surface area (Å²) in [5.41, 5.74) is 4.08. The van der Waals surface area contributed by atoms with Crippen LogP contribution >= 0.6 is 0 Å². The van der Waals surface area contributed by atoms with Gasteiger partial charge in [0, 0.05) is 38.1 Å². The van der Waals surface area contributed by atoms with Crippen molar-refractivity contribution in [1.82, 2.24) is 9.88 Å². The number of nitrogens with zero attached hydrogens (tertiary/aromatic N) is 1. The molecule has 0 aliphatic carbocycles. The molecule has 16 heavy (non-hydrogen) atoms. The second-order valence-electron chi connectivity index (χ2n) is 4.72. The highest BCUT2D eigenvalue weighted by Gasteiger charge is 2.14. The topological polar surface area (TPSA) is 26.2 Å². The van der Waals surface area contributed by atoms with Crippen molar-refractivity contribution in [2.45, 2.75) is 39.3 Å². The van der Waals surface area contributed by atoms with Crippen molar-refractivity contribution >= 4 is 0 Å². The van der Waals surface area contributed by atoms with E-state index in [1.807, 2.05) is 0 Å². The Morgan fingerprint density at radius 3 is 2.88 bits per heavy atom. The molecular weight excluding hydrogens is 200 g/mol. The maximum atomic E-state index is 5.58. The van der Waals surface area contributed by atoms with Gasteiger partial charge in [-0.3, -0.25) is 0 Å². The summed E-state index contributed by atoms with van der Waals surface area (Å²) >= 11 is 0. The normalized spacial score (nSPS) is 20.6. The van der Waals surface area contributed by atoms with Crippen LogP contribution in [0.2, 0.25) is 0 Å². The average Bonchev–Trinajstić information content (AvgIpc) is 2.85. The highest BCUT2D eigenvalue weighted by atomic mass is 16.5. The first kappa shape index (κ1) is 11.7. The first-order valence-electron chi connectivity index (χ1n) is 6.12. The molecule has 3 nitrogen and oxygen atoms in total. The van der Waals surface area contributed by atoms with Crippen molar-refractivity contribution < 1.29 is 4.74 Å². The maximum Gasteiger partial charge on any atom is 0.0700 e. The van der Waals surface area contributed by atoms with Gasteiger partial charge in [-0.05, 0) is 38.3 Å². The monoisotopic (exact) mass is 222 g/mol. The summed E-state index contributed by atoms with van der Waals surface area (Å²) in [5.74, 6) is 0. The molecule has 1 atom stereocenters. The molecule has 1 aromatic heterocycles. The van der Waals surface area contributed by atoms with Gasteiger partial charge >= 0.3 is 0 Å². The lowest BCUT2D eigenvalue weighted by molar-refractivity contribution is 0.110. The minimum atomic E-state index is 0.435. The summed E-state index contributed by atoms with van der Waals surface area (Å²) in [6.45, 7) is 7.20. The average molecular weight is 222 g/mol. The number of aromatic nitrogens is 1. The smallest absolute Gasteiger partial charge is 0.0700 e. The van der Waals surface area contributed by atoms with E-state index in [1.54, 1.807) is 0 Å². The number of hydrogen-bond acceptors (Lipinski definition) is 2. The molecule has 0 bridgehead atoms. The Morgan fingerprint density at radius 1 is 1.50 bits per heavy atom. The zero-order chi connectivity index (χ0) is 11.5. The van der Waals surface area contributed by atoms with Crippen LogP contribution in [-0.4, -0.2) is 23.8 Å². The molecule has 3 heteroatoms. The van der Waals surface area contributed by atoms with Crippen LogP contribution < -0.4 is 5.32 Å². The van der Waals surface area contributed by atoms with Gasteiger partial charge in [-0.2, -0.15) is 0 Å². The second-order valence-corrected chi connectivity index (χ2v) is 4.72. The fourth-order valence-corrected chi connectivity index (χ4v) is 2.29. The first-order chi connectivity index (χ1) is 7.68. The lowest BCUT2D eigenvalue weighted by Crippen LogP contribution is -2.25. The second kappa shape index (κ2) is 5.02. The Morgan fingerprint density at radius 2 is 2.31 bits per heavy atom. The van der Waals surface area contributed by atoms with E-state index >= 15 is 0 Å². The highest BCUT2D eigenvalue weighted by Crippen LogP contribution is 2.14. The number of ether oxygens (including phenoxy) is 1. The van der Waals surface area contributed by atoms with Crippen molar-refractivity contribution in [2.24, 2.45) is 7.05 Å². The van der Waals surface area contributed by atoms with Crippen LogP contribution in [0.1, 0.15) is 29.8 Å². The third-order valence-electron chi connectivity index (χ3n) is 3.59. The molecule has 1 aliphatic heterocycles. The Labute approximate surface area is 97.8 Å². The molecule has 1 N–H and O–H groups in total. The van der Waals surface area contributed by atoms with E-state index < -0.39 is 0 Å². The molecule has 1 saturated heterocycles. The largest absolute Gasteiger partial charge is 0.377 e. The van der Waals surface area contributed by atoms with Crippen LogP contribution in [0.5, 0.6) is 0 Å². The van der Waals surface area contributed by atoms with E-state index in [1.165, 1.54) is 29.8 Å². The van der Waals surface area contributed by atoms with Crippen LogP contribution in [0, 0.1) is 13.8 Å². The summed E-state index contributed by atoms with van der Waals surface area (Å²) in [6.07, 6.45) is 2.86. The van der Waals surface area contributed by atoms with Gasteiger partial charge in [-0.1, -0.05) is 0 Å². The zero-order valence-corrected chi connectivity index (χ0v) is 10.5. The van der Waals surface area contributed by atoms with Gasteiger partial charge in [0.1, 0.15) is 0 Å². The maximum absolute atomic E-state index is 5.58. The minimum Gasteiger partial charge on any atom is -0.377 e. The molecule has 2 heterocycles. The molecule has 0 spiro atoms. The molecular formula is C13H22N2O. The van der Waals surface area contributed by atoms with E-state index in [0.29, 0.717) is 6.10 Å². The van der Waals surface area contributed by atoms with Crippen LogP contribution in [0.25, 0.3) is 0 Å². The van der Waals surface area contributed by atoms with Crippen molar-refractivity contribution in [3.05, 3.63) is 23.0 Å². The lowest BCUT2D eigenvalue weighted by atomic mass is 10.2. The Hall–Kier alpha value is -0.800. The number of hydrogen-bond donors (Lipinski definition) is 1. The van der Waals surface area contributed by atoms with Crippen LogP contribution in [0.3, 0.4) is 0 Å². The van der Waals surface area contributed by atoms with Crippen LogP contribution in [0.15, 0.2) is 6.07 Å². The van der Waals surface area contributed by atoms with Gasteiger partial charge in [0.2, 0.25) is 0 Å². The van der Waals surface area contributed by atoms with Crippen molar-refractivity contribution in [1.29, 1.82) is 0 Å². The Balaban J connectivity index is 1.82. The molecule has 1 aliphatic rings. The predicted molar refractivity (Wildman–Crippen MR) is 65.6 cm³/mol. The fourth-order valence-electron chi connectivity index (χ4n) is 2.29. The fraction of sp³-hybridized carbons (Fsp3) is 0.692. The first-order valence-corrected chi connectivity index (χ1v) is 6.12. The van der Waals surface area contributed by atoms with E-state index in [-0.39, 0.29) is 0 Å².